The van der Waals surface area contributed by atoms with E-state index in [9.17, 15) is 4.79 Å². The van der Waals surface area contributed by atoms with E-state index in [1.54, 1.807) is 13.2 Å². The number of H-pyrrole nitrogens is 1. The van der Waals surface area contributed by atoms with Crippen LogP contribution in [0.4, 0.5) is 5.82 Å². The molecular weight excluding hydrogens is 262 g/mol. The number of carbonyl (C=O) groups excluding carboxylic acids is 1. The van der Waals surface area contributed by atoms with Crippen LogP contribution in [-0.4, -0.2) is 29.0 Å². The van der Waals surface area contributed by atoms with Gasteiger partial charge in [-0.2, -0.15) is 5.10 Å². The molecule has 0 aliphatic carbocycles. The van der Waals surface area contributed by atoms with Gasteiger partial charge in [-0.3, -0.25) is 9.89 Å². The van der Waals surface area contributed by atoms with Gasteiger partial charge in [-0.05, 0) is 31.2 Å². The van der Waals surface area contributed by atoms with Gasteiger partial charge in [-0.1, -0.05) is 0 Å². The second-order valence-corrected chi connectivity index (χ2v) is 5.00. The summed E-state index contributed by atoms with van der Waals surface area (Å²) in [5, 5.41) is 9.45. The molecule has 0 aliphatic rings. The quantitative estimate of drug-likeness (QED) is 0.824. The van der Waals surface area contributed by atoms with E-state index in [0.717, 1.165) is 16.3 Å². The van der Waals surface area contributed by atoms with Crippen molar-refractivity contribution in [3.05, 3.63) is 36.0 Å². The molecule has 0 unspecified atom stereocenters. The number of carbonyl (C=O) groups is 1. The number of benzene rings is 1. The van der Waals surface area contributed by atoms with Crippen LogP contribution in [0.3, 0.4) is 0 Å². The maximum Gasteiger partial charge on any atom is 0.235 e. The fourth-order valence-electron chi connectivity index (χ4n) is 1.48. The highest BCUT2D eigenvalue weighted by Gasteiger charge is 2.05. The van der Waals surface area contributed by atoms with Crippen molar-refractivity contribution in [2.75, 3.05) is 18.2 Å². The molecule has 5 nitrogen and oxygen atoms in total. The smallest absolute Gasteiger partial charge is 0.235 e. The number of aromatic nitrogens is 2. The molecule has 0 spiro atoms. The predicted octanol–water partition coefficient (Wildman–Crippen LogP) is 2.46. The Hall–Kier alpha value is -1.95. The van der Waals surface area contributed by atoms with E-state index in [1.807, 2.05) is 31.2 Å². The Balaban J connectivity index is 1.82. The van der Waals surface area contributed by atoms with Gasteiger partial charge in [0, 0.05) is 16.7 Å². The number of nitrogens with one attached hydrogen (secondary N) is 2. The number of ether oxygens (including phenoxy) is 1. The molecular formula is C13H15N3O2S. The van der Waals surface area contributed by atoms with Crippen molar-refractivity contribution in [1.82, 2.24) is 10.2 Å². The molecule has 2 rings (SSSR count). The number of aromatic amines is 1. The van der Waals surface area contributed by atoms with Crippen LogP contribution in [0.2, 0.25) is 0 Å². The van der Waals surface area contributed by atoms with Crippen molar-refractivity contribution in [2.45, 2.75) is 11.8 Å². The van der Waals surface area contributed by atoms with Crippen LogP contribution < -0.4 is 10.1 Å². The van der Waals surface area contributed by atoms with Gasteiger partial charge in [0.2, 0.25) is 5.91 Å². The third kappa shape index (κ3) is 4.03. The van der Waals surface area contributed by atoms with E-state index in [0.29, 0.717) is 11.6 Å². The van der Waals surface area contributed by atoms with Crippen LogP contribution in [-0.2, 0) is 4.79 Å². The van der Waals surface area contributed by atoms with Crippen molar-refractivity contribution >= 4 is 23.5 Å². The van der Waals surface area contributed by atoms with Gasteiger partial charge in [0.15, 0.2) is 5.82 Å². The minimum absolute atomic E-state index is 0.0766. The molecule has 1 heterocycles. The van der Waals surface area contributed by atoms with E-state index in [-0.39, 0.29) is 5.91 Å². The van der Waals surface area contributed by atoms with E-state index in [1.165, 1.54) is 11.8 Å². The summed E-state index contributed by atoms with van der Waals surface area (Å²) in [7, 11) is 1.63. The van der Waals surface area contributed by atoms with Crippen LogP contribution in [0, 0.1) is 6.92 Å². The van der Waals surface area contributed by atoms with Crippen LogP contribution in [0.25, 0.3) is 0 Å². The number of hydrogen-bond donors (Lipinski definition) is 2. The summed E-state index contributed by atoms with van der Waals surface area (Å²) in [6, 6.07) is 9.38. The molecule has 0 radical (unpaired) electrons. The Kier molecular flexibility index (Phi) is 4.46. The first kappa shape index (κ1) is 13.5. The van der Waals surface area contributed by atoms with Gasteiger partial charge < -0.3 is 10.1 Å². The molecule has 2 aromatic rings. The molecule has 2 N–H and O–H groups in total. The zero-order chi connectivity index (χ0) is 13.7. The zero-order valence-electron chi connectivity index (χ0n) is 10.8. The summed E-state index contributed by atoms with van der Waals surface area (Å²) in [4.78, 5) is 12.7. The first-order valence-corrected chi connectivity index (χ1v) is 6.74. The van der Waals surface area contributed by atoms with Gasteiger partial charge >= 0.3 is 0 Å². The number of amides is 1. The van der Waals surface area contributed by atoms with Crippen molar-refractivity contribution in [1.29, 1.82) is 0 Å². The first-order valence-electron chi connectivity index (χ1n) is 5.76. The minimum Gasteiger partial charge on any atom is -0.497 e. The summed E-state index contributed by atoms with van der Waals surface area (Å²) < 4.78 is 5.08. The van der Waals surface area contributed by atoms with Crippen LogP contribution in [0.1, 0.15) is 5.69 Å². The summed E-state index contributed by atoms with van der Waals surface area (Å²) in [5.74, 6) is 1.63. The van der Waals surface area contributed by atoms with Crippen molar-refractivity contribution in [3.8, 4) is 5.75 Å². The first-order chi connectivity index (χ1) is 9.17. The average Bonchev–Trinajstić information content (AvgIpc) is 2.82. The van der Waals surface area contributed by atoms with Crippen LogP contribution >= 0.6 is 11.8 Å². The average molecular weight is 277 g/mol. The molecule has 6 heteroatoms. The second kappa shape index (κ2) is 6.29. The lowest BCUT2D eigenvalue weighted by Gasteiger charge is -2.03. The SMILES string of the molecule is COc1ccc(SCC(=O)Nc2cc(C)[nH]n2)cc1. The lowest BCUT2D eigenvalue weighted by Crippen LogP contribution is -2.14. The third-order valence-electron chi connectivity index (χ3n) is 2.40. The van der Waals surface area contributed by atoms with Gasteiger partial charge in [-0.25, -0.2) is 0 Å². The zero-order valence-corrected chi connectivity index (χ0v) is 11.6. The largest absolute Gasteiger partial charge is 0.497 e. The normalized spacial score (nSPS) is 10.2. The number of nitrogens with zero attached hydrogens (tertiary/aromatic N) is 1. The summed E-state index contributed by atoms with van der Waals surface area (Å²) in [6.45, 7) is 1.88. The van der Waals surface area contributed by atoms with Gasteiger partial charge in [0.1, 0.15) is 5.75 Å². The molecule has 0 bridgehead atoms. The number of methoxy groups -OCH3 is 1. The topological polar surface area (TPSA) is 67.0 Å². The van der Waals surface area contributed by atoms with E-state index >= 15 is 0 Å². The molecule has 0 atom stereocenters. The molecule has 100 valence electrons. The maximum atomic E-state index is 11.7. The number of aryl methyl sites for hydroxylation is 1. The Labute approximate surface area is 115 Å². The fourth-order valence-corrected chi connectivity index (χ4v) is 2.18. The van der Waals surface area contributed by atoms with Crippen LogP contribution in [0.5, 0.6) is 5.75 Å². The third-order valence-corrected chi connectivity index (χ3v) is 3.41. The van der Waals surface area contributed by atoms with Gasteiger partial charge in [0.25, 0.3) is 0 Å². The molecule has 1 amide bonds. The van der Waals surface area contributed by atoms with Gasteiger partial charge in [-0.15, -0.1) is 11.8 Å². The summed E-state index contributed by atoms with van der Waals surface area (Å²) >= 11 is 1.47. The Bertz CT molecular complexity index is 551. The molecule has 0 saturated carbocycles. The minimum atomic E-state index is -0.0766. The second-order valence-electron chi connectivity index (χ2n) is 3.95. The lowest BCUT2D eigenvalue weighted by molar-refractivity contribution is -0.113. The number of rotatable bonds is 5. The van der Waals surface area contributed by atoms with Crippen molar-refractivity contribution in [2.24, 2.45) is 0 Å². The highest BCUT2D eigenvalue weighted by molar-refractivity contribution is 8.00. The van der Waals surface area contributed by atoms with E-state index < -0.39 is 0 Å². The molecule has 0 aliphatic heterocycles. The molecule has 1 aromatic heterocycles. The highest BCUT2D eigenvalue weighted by atomic mass is 32.2. The Morgan fingerprint density at radius 2 is 2.16 bits per heavy atom. The highest BCUT2D eigenvalue weighted by Crippen LogP contribution is 2.21. The van der Waals surface area contributed by atoms with Crippen molar-refractivity contribution < 1.29 is 9.53 Å². The number of hydrogen-bond acceptors (Lipinski definition) is 4. The molecule has 0 saturated heterocycles. The summed E-state index contributed by atoms with van der Waals surface area (Å²) in [5.41, 5.74) is 0.915. The maximum absolute atomic E-state index is 11.7. The molecule has 19 heavy (non-hydrogen) atoms. The standard InChI is InChI=1S/C13H15N3O2S/c1-9-7-12(16-15-9)14-13(17)8-19-11-5-3-10(18-2)4-6-11/h3-7H,8H2,1-2H3,(H2,14,15,16,17). The Morgan fingerprint density at radius 3 is 2.74 bits per heavy atom. The van der Waals surface area contributed by atoms with E-state index in [2.05, 4.69) is 15.5 Å². The van der Waals surface area contributed by atoms with Crippen LogP contribution in [0.15, 0.2) is 35.2 Å². The molecule has 1 aromatic carbocycles. The summed E-state index contributed by atoms with van der Waals surface area (Å²) in [6.07, 6.45) is 0. The van der Waals surface area contributed by atoms with Crippen molar-refractivity contribution in [3.63, 3.8) is 0 Å². The lowest BCUT2D eigenvalue weighted by atomic mass is 10.3. The van der Waals surface area contributed by atoms with Gasteiger partial charge in [0.05, 0.1) is 12.9 Å². The molecule has 0 fully saturated rings. The Morgan fingerprint density at radius 1 is 1.42 bits per heavy atom. The van der Waals surface area contributed by atoms with E-state index in [4.69, 9.17) is 4.74 Å². The fraction of sp³-hybridized carbons (Fsp3) is 0.231. The number of anilines is 1. The predicted molar refractivity (Wildman–Crippen MR) is 75.7 cm³/mol. The number of thioether (sulfide) groups is 1. The monoisotopic (exact) mass is 277 g/mol.